The Morgan fingerprint density at radius 1 is 1.04 bits per heavy atom. The van der Waals surface area contributed by atoms with E-state index >= 15 is 0 Å². The molecular formula is C18H21N3O3. The number of nitrogens with two attached hydrogens (primary N) is 1. The molecule has 0 fully saturated rings. The molecule has 126 valence electrons. The Labute approximate surface area is 141 Å². The molecule has 2 aromatic carbocycles. The van der Waals surface area contributed by atoms with Gasteiger partial charge < -0.3 is 21.1 Å². The number of primary amides is 1. The van der Waals surface area contributed by atoms with Gasteiger partial charge in [0, 0.05) is 0 Å². The Balaban J connectivity index is 2.01. The Morgan fingerprint density at radius 2 is 1.67 bits per heavy atom. The average Bonchev–Trinajstić information content (AvgIpc) is 2.54. The minimum absolute atomic E-state index is 0.0317. The summed E-state index contributed by atoms with van der Waals surface area (Å²) in [6.07, 6.45) is 0.0317. The number of hydrogen-bond donors (Lipinski definition) is 3. The van der Waals surface area contributed by atoms with Gasteiger partial charge in [0.2, 0.25) is 5.91 Å². The molecule has 0 heterocycles. The predicted octanol–water partition coefficient (Wildman–Crippen LogP) is 2.62. The summed E-state index contributed by atoms with van der Waals surface area (Å²) < 4.78 is 5.69. The first-order valence-corrected chi connectivity index (χ1v) is 7.65. The van der Waals surface area contributed by atoms with E-state index in [0.717, 1.165) is 5.69 Å². The van der Waals surface area contributed by atoms with Crippen molar-refractivity contribution in [3.63, 3.8) is 0 Å². The molecule has 0 saturated heterocycles. The number of benzene rings is 2. The quantitative estimate of drug-likeness (QED) is 0.729. The third-order valence-corrected chi connectivity index (χ3v) is 3.16. The van der Waals surface area contributed by atoms with E-state index in [2.05, 4.69) is 10.6 Å². The van der Waals surface area contributed by atoms with Gasteiger partial charge in [-0.3, -0.25) is 9.59 Å². The van der Waals surface area contributed by atoms with Crippen LogP contribution < -0.4 is 21.1 Å². The zero-order chi connectivity index (χ0) is 17.5. The molecule has 0 spiro atoms. The lowest BCUT2D eigenvalue weighted by Gasteiger charge is -2.15. The second kappa shape index (κ2) is 8.01. The first-order chi connectivity index (χ1) is 11.5. The minimum Gasteiger partial charge on any atom is -0.489 e. The molecule has 0 aliphatic carbocycles. The molecule has 0 unspecified atom stereocenters. The van der Waals surface area contributed by atoms with Gasteiger partial charge >= 0.3 is 0 Å². The molecule has 0 radical (unpaired) electrons. The van der Waals surface area contributed by atoms with E-state index in [-0.39, 0.29) is 24.1 Å². The maximum Gasteiger partial charge on any atom is 0.250 e. The molecule has 0 saturated carbocycles. The van der Waals surface area contributed by atoms with E-state index in [1.54, 1.807) is 24.3 Å². The maximum absolute atomic E-state index is 12.1. The van der Waals surface area contributed by atoms with Crippen LogP contribution in [0.1, 0.15) is 24.2 Å². The second-order valence-electron chi connectivity index (χ2n) is 5.47. The topological polar surface area (TPSA) is 93.4 Å². The number of carbonyl (C=O) groups excluding carboxylic acids is 2. The van der Waals surface area contributed by atoms with Crippen LogP contribution in [-0.4, -0.2) is 24.5 Å². The molecule has 2 amide bonds. The number of anilines is 2. The molecule has 6 nitrogen and oxygen atoms in total. The monoisotopic (exact) mass is 327 g/mol. The van der Waals surface area contributed by atoms with Gasteiger partial charge in [0.05, 0.1) is 29.6 Å². The lowest BCUT2D eigenvalue weighted by Crippen LogP contribution is -2.24. The van der Waals surface area contributed by atoms with Gasteiger partial charge in [0.25, 0.3) is 5.91 Å². The van der Waals surface area contributed by atoms with Crippen LogP contribution in [0, 0.1) is 0 Å². The zero-order valence-corrected chi connectivity index (χ0v) is 13.7. The van der Waals surface area contributed by atoms with Gasteiger partial charge in [-0.15, -0.1) is 0 Å². The van der Waals surface area contributed by atoms with Crippen LogP contribution >= 0.6 is 0 Å². The largest absolute Gasteiger partial charge is 0.489 e. The minimum atomic E-state index is -0.588. The summed E-state index contributed by atoms with van der Waals surface area (Å²) in [7, 11) is 0. The highest BCUT2D eigenvalue weighted by atomic mass is 16.5. The van der Waals surface area contributed by atoms with Crippen LogP contribution in [0.3, 0.4) is 0 Å². The number of amides is 2. The summed E-state index contributed by atoms with van der Waals surface area (Å²) in [5, 5.41) is 5.71. The van der Waals surface area contributed by atoms with Crippen molar-refractivity contribution >= 4 is 23.2 Å². The van der Waals surface area contributed by atoms with Crippen LogP contribution in [0.5, 0.6) is 5.75 Å². The molecular weight excluding hydrogens is 306 g/mol. The Morgan fingerprint density at radius 3 is 2.33 bits per heavy atom. The van der Waals surface area contributed by atoms with Gasteiger partial charge in [-0.2, -0.15) is 0 Å². The van der Waals surface area contributed by atoms with Crippen LogP contribution in [0.2, 0.25) is 0 Å². The maximum atomic E-state index is 12.1. The normalized spacial score (nSPS) is 10.3. The van der Waals surface area contributed by atoms with Crippen LogP contribution in [0.25, 0.3) is 0 Å². The fourth-order valence-corrected chi connectivity index (χ4v) is 2.15. The third-order valence-electron chi connectivity index (χ3n) is 3.16. The van der Waals surface area contributed by atoms with E-state index in [9.17, 15) is 9.59 Å². The number of nitrogens with one attached hydrogen (secondary N) is 2. The summed E-state index contributed by atoms with van der Waals surface area (Å²) in [6.45, 7) is 3.90. The van der Waals surface area contributed by atoms with Crippen LogP contribution in [0.4, 0.5) is 11.4 Å². The third kappa shape index (κ3) is 4.74. The van der Waals surface area contributed by atoms with Crippen molar-refractivity contribution in [1.29, 1.82) is 0 Å². The number of carbonyl (C=O) groups is 2. The van der Waals surface area contributed by atoms with Gasteiger partial charge in [-0.05, 0) is 38.1 Å². The van der Waals surface area contributed by atoms with Crippen LogP contribution in [-0.2, 0) is 4.79 Å². The molecule has 0 aliphatic rings. The smallest absolute Gasteiger partial charge is 0.250 e. The van der Waals surface area contributed by atoms with Crippen molar-refractivity contribution in [1.82, 2.24) is 0 Å². The van der Waals surface area contributed by atoms with Crippen molar-refractivity contribution in [2.45, 2.75) is 20.0 Å². The van der Waals surface area contributed by atoms with Crippen molar-refractivity contribution in [2.75, 3.05) is 17.2 Å². The summed E-state index contributed by atoms with van der Waals surface area (Å²) in [4.78, 5) is 23.5. The van der Waals surface area contributed by atoms with E-state index < -0.39 is 5.91 Å². The highest BCUT2D eigenvalue weighted by Crippen LogP contribution is 2.24. The zero-order valence-electron chi connectivity index (χ0n) is 13.7. The first-order valence-electron chi connectivity index (χ1n) is 7.65. The highest BCUT2D eigenvalue weighted by Gasteiger charge is 2.11. The standard InChI is InChI=1S/C18H21N3O3/c1-12(2)24-16-10-6-5-9-15(16)20-11-17(22)21-14-8-4-3-7-13(14)18(19)23/h3-10,12,20H,11H2,1-2H3,(H2,19,23)(H,21,22). The van der Waals surface area contributed by atoms with Gasteiger partial charge in [0.1, 0.15) is 5.75 Å². The van der Waals surface area contributed by atoms with Gasteiger partial charge in [-0.1, -0.05) is 24.3 Å². The summed E-state index contributed by atoms with van der Waals surface area (Å²) in [5.41, 5.74) is 6.69. The molecule has 2 rings (SSSR count). The highest BCUT2D eigenvalue weighted by molar-refractivity contribution is 6.03. The van der Waals surface area contributed by atoms with E-state index in [1.807, 2.05) is 38.1 Å². The van der Waals surface area contributed by atoms with E-state index in [4.69, 9.17) is 10.5 Å². The molecule has 0 aromatic heterocycles. The molecule has 24 heavy (non-hydrogen) atoms. The van der Waals surface area contributed by atoms with E-state index in [0.29, 0.717) is 11.4 Å². The summed E-state index contributed by atoms with van der Waals surface area (Å²) >= 11 is 0. The molecule has 0 bridgehead atoms. The number of ether oxygens (including phenoxy) is 1. The Kier molecular flexibility index (Phi) is 5.78. The molecule has 6 heteroatoms. The van der Waals surface area contributed by atoms with Gasteiger partial charge in [-0.25, -0.2) is 0 Å². The number of rotatable bonds is 7. The van der Waals surface area contributed by atoms with Crippen molar-refractivity contribution in [3.8, 4) is 5.75 Å². The molecule has 2 aromatic rings. The lowest BCUT2D eigenvalue weighted by molar-refractivity contribution is -0.114. The summed E-state index contributed by atoms with van der Waals surface area (Å²) in [5.74, 6) is -0.199. The number of hydrogen-bond acceptors (Lipinski definition) is 4. The van der Waals surface area contributed by atoms with Gasteiger partial charge in [0.15, 0.2) is 0 Å². The van der Waals surface area contributed by atoms with E-state index in [1.165, 1.54) is 0 Å². The first kappa shape index (κ1) is 17.3. The fourth-order valence-electron chi connectivity index (χ4n) is 2.15. The Bertz CT molecular complexity index is 729. The second-order valence-corrected chi connectivity index (χ2v) is 5.47. The average molecular weight is 327 g/mol. The molecule has 4 N–H and O–H groups in total. The fraction of sp³-hybridized carbons (Fsp3) is 0.222. The molecule has 0 aliphatic heterocycles. The Hall–Kier alpha value is -3.02. The van der Waals surface area contributed by atoms with Crippen LogP contribution in [0.15, 0.2) is 48.5 Å². The van der Waals surface area contributed by atoms with Crippen molar-refractivity contribution in [3.05, 3.63) is 54.1 Å². The van der Waals surface area contributed by atoms with Crippen molar-refractivity contribution in [2.24, 2.45) is 5.73 Å². The number of para-hydroxylation sites is 3. The predicted molar refractivity (Wildman–Crippen MR) is 94.3 cm³/mol. The molecule has 0 atom stereocenters. The summed E-state index contributed by atoms with van der Waals surface area (Å²) in [6, 6.07) is 14.0. The SMILES string of the molecule is CC(C)Oc1ccccc1NCC(=O)Nc1ccccc1C(N)=O. The van der Waals surface area contributed by atoms with Crippen molar-refractivity contribution < 1.29 is 14.3 Å². The lowest BCUT2D eigenvalue weighted by atomic mass is 10.1.